The van der Waals surface area contributed by atoms with E-state index in [0.717, 1.165) is 5.92 Å². The quantitative estimate of drug-likeness (QED) is 0.534. The van der Waals surface area contributed by atoms with Crippen LogP contribution >= 0.6 is 0 Å². The third kappa shape index (κ3) is 11.0. The molecule has 0 aliphatic carbocycles. The highest BCUT2D eigenvalue weighted by Gasteiger charge is 1.68. The van der Waals surface area contributed by atoms with E-state index in [1.54, 1.807) is 0 Å². The monoisotopic (exact) mass is 128 g/mol. The molecule has 0 bridgehead atoms. The molecule has 1 heterocycles. The van der Waals surface area contributed by atoms with Gasteiger partial charge in [0.25, 0.3) is 0 Å². The molecule has 0 saturated carbocycles. The van der Waals surface area contributed by atoms with Gasteiger partial charge in [-0.1, -0.05) is 20.8 Å². The van der Waals surface area contributed by atoms with E-state index in [1.807, 2.05) is 0 Å². The molecule has 9 heavy (non-hydrogen) atoms. The van der Waals surface area contributed by atoms with E-state index in [1.165, 1.54) is 12.5 Å². The number of hydrogen-bond donors (Lipinski definition) is 0. The zero-order valence-corrected chi connectivity index (χ0v) is 6.03. The van der Waals surface area contributed by atoms with Gasteiger partial charge in [0.2, 0.25) is 0 Å². The van der Waals surface area contributed by atoms with E-state index in [9.17, 15) is 0 Å². The summed E-state index contributed by atoms with van der Waals surface area (Å²) >= 11 is 0. The standard InChI is InChI=1S/C4H10.C2H2N2O/c1-4(2)3;1-2-5-4-3-1/h4H,1-3H3;1-2H. The minimum absolute atomic E-state index is 0.833. The molecule has 0 aromatic carbocycles. The average molecular weight is 128 g/mol. The van der Waals surface area contributed by atoms with Gasteiger partial charge in [0.05, 0.1) is 6.20 Å². The average Bonchev–Trinajstić information content (AvgIpc) is 2.11. The number of nitrogens with zero attached hydrogens (tertiary/aromatic N) is 2. The molecule has 3 heteroatoms. The third-order valence-corrected chi connectivity index (χ3v) is 0.283. The summed E-state index contributed by atoms with van der Waals surface area (Å²) < 4.78 is 4.22. The molecule has 1 aromatic rings. The van der Waals surface area contributed by atoms with E-state index >= 15 is 0 Å². The maximum Gasteiger partial charge on any atom is 0.144 e. The van der Waals surface area contributed by atoms with Crippen molar-refractivity contribution in [1.82, 2.24) is 10.4 Å². The summed E-state index contributed by atoms with van der Waals surface area (Å²) in [4.78, 5) is 0. The fourth-order valence-electron chi connectivity index (χ4n) is 0.136. The molecule has 1 rings (SSSR count). The highest BCUT2D eigenvalue weighted by atomic mass is 16.5. The molecule has 0 unspecified atom stereocenters. The molecule has 0 atom stereocenters. The number of hydrogen-bond acceptors (Lipinski definition) is 3. The van der Waals surface area contributed by atoms with Gasteiger partial charge in [-0.05, 0) is 5.92 Å². The predicted octanol–water partition coefficient (Wildman–Crippen LogP) is 1.73. The Morgan fingerprint density at radius 3 is 2.00 bits per heavy atom. The van der Waals surface area contributed by atoms with E-state index in [2.05, 4.69) is 35.7 Å². The molecular weight excluding hydrogens is 116 g/mol. The minimum atomic E-state index is 0.833. The molecule has 0 aliphatic heterocycles. The lowest BCUT2D eigenvalue weighted by Gasteiger charge is -1.79. The van der Waals surface area contributed by atoms with Crippen LogP contribution in [0, 0.1) is 5.92 Å². The minimum Gasteiger partial charge on any atom is -0.346 e. The maximum atomic E-state index is 4.22. The topological polar surface area (TPSA) is 38.9 Å². The van der Waals surface area contributed by atoms with Crippen LogP contribution in [0.5, 0.6) is 0 Å². The lowest BCUT2D eigenvalue weighted by Crippen LogP contribution is -1.66. The van der Waals surface area contributed by atoms with Crippen molar-refractivity contribution in [3.8, 4) is 0 Å². The van der Waals surface area contributed by atoms with Crippen LogP contribution in [0.2, 0.25) is 0 Å². The van der Waals surface area contributed by atoms with E-state index < -0.39 is 0 Å². The molecule has 0 N–H and O–H groups in total. The Kier molecular flexibility index (Phi) is 4.78. The van der Waals surface area contributed by atoms with Crippen molar-refractivity contribution in [2.45, 2.75) is 20.8 Å². The van der Waals surface area contributed by atoms with Crippen molar-refractivity contribution in [2.24, 2.45) is 5.92 Å². The first-order valence-corrected chi connectivity index (χ1v) is 2.94. The van der Waals surface area contributed by atoms with Gasteiger partial charge < -0.3 is 4.52 Å². The Bertz CT molecular complexity index is 94.6. The van der Waals surface area contributed by atoms with E-state index in [-0.39, 0.29) is 0 Å². The third-order valence-electron chi connectivity index (χ3n) is 0.283. The van der Waals surface area contributed by atoms with Crippen molar-refractivity contribution < 1.29 is 4.52 Å². The maximum absolute atomic E-state index is 4.22. The second-order valence-electron chi connectivity index (χ2n) is 2.32. The molecule has 0 saturated heterocycles. The summed E-state index contributed by atoms with van der Waals surface area (Å²) in [7, 11) is 0. The largest absolute Gasteiger partial charge is 0.346 e. The Morgan fingerprint density at radius 2 is 1.89 bits per heavy atom. The van der Waals surface area contributed by atoms with Crippen molar-refractivity contribution in [3.63, 3.8) is 0 Å². The van der Waals surface area contributed by atoms with Gasteiger partial charge in [-0.25, -0.2) is 0 Å². The molecule has 0 amide bonds. The van der Waals surface area contributed by atoms with Crippen LogP contribution in [0.25, 0.3) is 0 Å². The molecule has 52 valence electrons. The summed E-state index contributed by atoms with van der Waals surface area (Å²) in [6.45, 7) is 6.50. The highest BCUT2D eigenvalue weighted by Crippen LogP contribution is 1.81. The van der Waals surface area contributed by atoms with Gasteiger partial charge in [0.15, 0.2) is 0 Å². The molecular formula is C6H12N2O. The predicted molar refractivity (Wildman–Crippen MR) is 34.8 cm³/mol. The van der Waals surface area contributed by atoms with Gasteiger partial charge >= 0.3 is 0 Å². The molecule has 1 aromatic heterocycles. The smallest absolute Gasteiger partial charge is 0.144 e. The van der Waals surface area contributed by atoms with Crippen LogP contribution in [-0.2, 0) is 0 Å². The Morgan fingerprint density at radius 1 is 1.33 bits per heavy atom. The Labute approximate surface area is 55.1 Å². The summed E-state index contributed by atoms with van der Waals surface area (Å²) in [5.41, 5.74) is 0. The SMILES string of the molecule is CC(C)C.c1conn1. The second-order valence-corrected chi connectivity index (χ2v) is 2.32. The summed E-state index contributed by atoms with van der Waals surface area (Å²) in [5, 5.41) is 6.40. The highest BCUT2D eigenvalue weighted by molar-refractivity contribution is 4.48. The van der Waals surface area contributed by atoms with Crippen molar-refractivity contribution in [1.29, 1.82) is 0 Å². The van der Waals surface area contributed by atoms with Crippen LogP contribution < -0.4 is 0 Å². The fourth-order valence-corrected chi connectivity index (χ4v) is 0.136. The molecule has 0 fully saturated rings. The van der Waals surface area contributed by atoms with Gasteiger partial charge in [-0.15, -0.1) is 5.10 Å². The molecule has 3 nitrogen and oxygen atoms in total. The van der Waals surface area contributed by atoms with Gasteiger partial charge in [-0.3, -0.25) is 0 Å². The lowest BCUT2D eigenvalue weighted by atomic mass is 10.3. The van der Waals surface area contributed by atoms with E-state index in [4.69, 9.17) is 0 Å². The van der Waals surface area contributed by atoms with Crippen molar-refractivity contribution in [3.05, 3.63) is 12.5 Å². The fraction of sp³-hybridized carbons (Fsp3) is 0.667. The van der Waals surface area contributed by atoms with Crippen LogP contribution in [-0.4, -0.2) is 10.4 Å². The Hall–Kier alpha value is -0.860. The van der Waals surface area contributed by atoms with Crippen molar-refractivity contribution >= 4 is 0 Å². The van der Waals surface area contributed by atoms with Crippen LogP contribution in [0.3, 0.4) is 0 Å². The molecule has 0 radical (unpaired) electrons. The zero-order valence-electron chi connectivity index (χ0n) is 6.03. The first-order chi connectivity index (χ1) is 4.23. The normalized spacial score (nSPS) is 8.44. The zero-order chi connectivity index (χ0) is 7.11. The summed E-state index contributed by atoms with van der Waals surface area (Å²) in [5.74, 6) is 0.833. The first-order valence-electron chi connectivity index (χ1n) is 2.94. The van der Waals surface area contributed by atoms with Crippen LogP contribution in [0.4, 0.5) is 0 Å². The van der Waals surface area contributed by atoms with Crippen LogP contribution in [0.1, 0.15) is 20.8 Å². The molecule has 0 spiro atoms. The Balaban J connectivity index is 0.000000148. The van der Waals surface area contributed by atoms with Crippen LogP contribution in [0.15, 0.2) is 17.0 Å². The first kappa shape index (κ1) is 8.14. The molecule has 0 aliphatic rings. The number of rotatable bonds is 0. The lowest BCUT2D eigenvalue weighted by molar-refractivity contribution is 0.393. The second kappa shape index (κ2) is 5.28. The van der Waals surface area contributed by atoms with Gasteiger partial charge in [0, 0.05) is 5.27 Å². The van der Waals surface area contributed by atoms with Gasteiger partial charge in [-0.2, -0.15) is 0 Å². The van der Waals surface area contributed by atoms with Gasteiger partial charge in [0.1, 0.15) is 6.26 Å². The van der Waals surface area contributed by atoms with Crippen molar-refractivity contribution in [2.75, 3.05) is 0 Å². The number of aromatic nitrogens is 2. The summed E-state index contributed by atoms with van der Waals surface area (Å²) in [6.07, 6.45) is 2.88. The summed E-state index contributed by atoms with van der Waals surface area (Å²) in [6, 6.07) is 0. The van der Waals surface area contributed by atoms with E-state index in [0.29, 0.717) is 0 Å².